The SMILES string of the molecule is O=C(O)COCC1CCCC(COC(=O)N(c2ccccc2)c2cccc(F)c2)C1.[Ca+2].[H-].[H-]. The van der Waals surface area contributed by atoms with Crippen molar-refractivity contribution >= 4 is 61.2 Å². The summed E-state index contributed by atoms with van der Waals surface area (Å²) in [4.78, 5) is 24.9. The number of amides is 1. The van der Waals surface area contributed by atoms with Crippen LogP contribution in [0.2, 0.25) is 0 Å². The van der Waals surface area contributed by atoms with Crippen LogP contribution >= 0.6 is 0 Å². The first-order valence-electron chi connectivity index (χ1n) is 10.1. The van der Waals surface area contributed by atoms with E-state index in [0.717, 1.165) is 25.7 Å². The number of carboxylic acid groups (broad SMARTS) is 1. The maximum absolute atomic E-state index is 13.8. The molecule has 31 heavy (non-hydrogen) atoms. The average Bonchev–Trinajstić information content (AvgIpc) is 2.73. The fourth-order valence-electron chi connectivity index (χ4n) is 3.82. The molecule has 0 radical (unpaired) electrons. The smallest absolute Gasteiger partial charge is 1.00 e. The maximum Gasteiger partial charge on any atom is 2.00 e. The topological polar surface area (TPSA) is 76.1 Å². The first kappa shape index (κ1) is 25.6. The third-order valence-electron chi connectivity index (χ3n) is 5.18. The molecular weight excluding hydrogens is 429 g/mol. The van der Waals surface area contributed by atoms with Crippen LogP contribution in [-0.2, 0) is 14.3 Å². The van der Waals surface area contributed by atoms with Crippen LogP contribution in [0.4, 0.5) is 20.6 Å². The van der Waals surface area contributed by atoms with Crippen molar-refractivity contribution in [3.63, 3.8) is 0 Å². The van der Waals surface area contributed by atoms with Crippen LogP contribution in [0.25, 0.3) is 0 Å². The Morgan fingerprint density at radius 2 is 1.71 bits per heavy atom. The minimum absolute atomic E-state index is 0. The Labute approximate surface area is 214 Å². The van der Waals surface area contributed by atoms with Gasteiger partial charge in [0.05, 0.1) is 24.6 Å². The number of para-hydroxylation sites is 1. The Morgan fingerprint density at radius 1 is 1.03 bits per heavy atom. The molecule has 1 amide bonds. The van der Waals surface area contributed by atoms with E-state index in [1.807, 2.05) is 6.07 Å². The van der Waals surface area contributed by atoms with Gasteiger partial charge in [-0.15, -0.1) is 0 Å². The first-order valence-corrected chi connectivity index (χ1v) is 10.1. The normalized spacial score (nSPS) is 18.0. The molecule has 1 fully saturated rings. The van der Waals surface area contributed by atoms with E-state index in [9.17, 15) is 14.0 Å². The number of halogens is 1. The second-order valence-electron chi connectivity index (χ2n) is 7.54. The standard InChI is InChI=1S/C23H26FNO5.Ca.2H/c24-19-8-5-11-21(13-19)25(20-9-2-1-3-10-20)23(28)30-15-18-7-4-6-17(12-18)14-29-16-22(26)27;;;/h1-3,5,8-11,13,17-18H,4,6-7,12,14-16H2,(H,26,27);;;/q;+2;2*-1. The molecule has 0 bridgehead atoms. The number of benzene rings is 2. The number of carbonyl (C=O) groups excluding carboxylic acids is 1. The van der Waals surface area contributed by atoms with Gasteiger partial charge in [0.25, 0.3) is 0 Å². The predicted octanol–water partition coefficient (Wildman–Crippen LogP) is 4.85. The van der Waals surface area contributed by atoms with Crippen molar-refractivity contribution in [3.05, 3.63) is 60.4 Å². The Morgan fingerprint density at radius 3 is 2.39 bits per heavy atom. The molecule has 2 aromatic rings. The number of aliphatic carboxylic acids is 1. The van der Waals surface area contributed by atoms with E-state index in [-0.39, 0.29) is 65.6 Å². The van der Waals surface area contributed by atoms with Crippen molar-refractivity contribution in [2.75, 3.05) is 24.7 Å². The fraction of sp³-hybridized carbons (Fsp3) is 0.391. The Kier molecular flexibility index (Phi) is 10.7. The van der Waals surface area contributed by atoms with Crippen molar-refractivity contribution in [2.24, 2.45) is 11.8 Å². The number of ether oxygens (including phenoxy) is 2. The Hall–Kier alpha value is -1.67. The minimum atomic E-state index is -0.977. The van der Waals surface area contributed by atoms with Crippen LogP contribution in [0.15, 0.2) is 54.6 Å². The van der Waals surface area contributed by atoms with Crippen LogP contribution in [0.5, 0.6) is 0 Å². The van der Waals surface area contributed by atoms with Gasteiger partial charge < -0.3 is 17.4 Å². The van der Waals surface area contributed by atoms with Crippen LogP contribution in [0, 0.1) is 17.7 Å². The van der Waals surface area contributed by atoms with E-state index >= 15 is 0 Å². The zero-order valence-corrected chi connectivity index (χ0v) is 19.6. The minimum Gasteiger partial charge on any atom is -1.00 e. The molecule has 2 atom stereocenters. The van der Waals surface area contributed by atoms with Gasteiger partial charge in [-0.05, 0) is 61.4 Å². The number of carboxylic acids is 1. The Bertz CT molecular complexity index is 862. The summed E-state index contributed by atoms with van der Waals surface area (Å²) < 4.78 is 24.6. The molecule has 2 aromatic carbocycles. The van der Waals surface area contributed by atoms with Crippen LogP contribution in [-0.4, -0.2) is 74.7 Å². The van der Waals surface area contributed by atoms with Crippen LogP contribution in [0.3, 0.4) is 0 Å². The molecule has 1 aliphatic carbocycles. The van der Waals surface area contributed by atoms with Crippen LogP contribution < -0.4 is 4.90 Å². The van der Waals surface area contributed by atoms with Crippen molar-refractivity contribution in [1.29, 1.82) is 0 Å². The predicted molar refractivity (Wildman–Crippen MR) is 118 cm³/mol. The average molecular weight is 458 g/mol. The summed E-state index contributed by atoms with van der Waals surface area (Å²) in [5.41, 5.74) is 0.992. The van der Waals surface area contributed by atoms with Crippen molar-refractivity contribution < 1.29 is 31.4 Å². The van der Waals surface area contributed by atoms with E-state index in [0.29, 0.717) is 18.0 Å². The summed E-state index contributed by atoms with van der Waals surface area (Å²) in [5.74, 6) is -0.964. The number of hydrogen-bond donors (Lipinski definition) is 1. The first-order chi connectivity index (χ1) is 14.5. The summed E-state index contributed by atoms with van der Waals surface area (Å²) in [6.45, 7) is 0.360. The molecule has 1 N–H and O–H groups in total. The van der Waals surface area contributed by atoms with E-state index in [4.69, 9.17) is 14.6 Å². The van der Waals surface area contributed by atoms with E-state index in [2.05, 4.69) is 0 Å². The van der Waals surface area contributed by atoms with Gasteiger partial charge >= 0.3 is 49.8 Å². The summed E-state index contributed by atoms with van der Waals surface area (Å²) in [6, 6.07) is 14.8. The van der Waals surface area contributed by atoms with Gasteiger partial charge in [0.2, 0.25) is 0 Å². The van der Waals surface area contributed by atoms with E-state index in [1.54, 1.807) is 36.4 Å². The monoisotopic (exact) mass is 457 g/mol. The van der Waals surface area contributed by atoms with Gasteiger partial charge in [0.15, 0.2) is 0 Å². The summed E-state index contributed by atoms with van der Waals surface area (Å²) >= 11 is 0. The third kappa shape index (κ3) is 8.07. The van der Waals surface area contributed by atoms with E-state index < -0.39 is 17.9 Å². The molecule has 8 heteroatoms. The number of nitrogens with zero attached hydrogens (tertiary/aromatic N) is 1. The van der Waals surface area contributed by atoms with Gasteiger partial charge in [-0.3, -0.25) is 0 Å². The van der Waals surface area contributed by atoms with Crippen molar-refractivity contribution in [2.45, 2.75) is 25.7 Å². The zero-order chi connectivity index (χ0) is 21.3. The second-order valence-corrected chi connectivity index (χ2v) is 7.54. The molecule has 0 aliphatic heterocycles. The molecule has 2 unspecified atom stereocenters. The largest absolute Gasteiger partial charge is 2.00 e. The van der Waals surface area contributed by atoms with Gasteiger partial charge in [-0.2, -0.15) is 0 Å². The van der Waals surface area contributed by atoms with Crippen molar-refractivity contribution in [3.8, 4) is 0 Å². The van der Waals surface area contributed by atoms with Crippen LogP contribution in [0.1, 0.15) is 28.5 Å². The molecule has 1 saturated carbocycles. The maximum atomic E-state index is 13.8. The summed E-state index contributed by atoms with van der Waals surface area (Å²) in [5, 5.41) is 8.69. The van der Waals surface area contributed by atoms with Gasteiger partial charge in [0.1, 0.15) is 12.4 Å². The molecule has 164 valence electrons. The third-order valence-corrected chi connectivity index (χ3v) is 5.18. The Balaban J connectivity index is 0.00000341. The molecule has 6 nitrogen and oxygen atoms in total. The number of anilines is 2. The molecule has 0 spiro atoms. The summed E-state index contributed by atoms with van der Waals surface area (Å²) in [7, 11) is 0. The second kappa shape index (κ2) is 13.0. The van der Waals surface area contributed by atoms with E-state index in [1.165, 1.54) is 17.0 Å². The van der Waals surface area contributed by atoms with Gasteiger partial charge in [-0.25, -0.2) is 18.9 Å². The van der Waals surface area contributed by atoms with Gasteiger partial charge in [0, 0.05) is 0 Å². The molecule has 3 rings (SSSR count). The molecule has 0 heterocycles. The zero-order valence-electron chi connectivity index (χ0n) is 19.4. The molecule has 0 saturated heterocycles. The quantitative estimate of drug-likeness (QED) is 0.574. The molecular formula is C23H28CaFNO5. The van der Waals surface area contributed by atoms with Crippen molar-refractivity contribution in [1.82, 2.24) is 0 Å². The summed E-state index contributed by atoms with van der Waals surface area (Å²) in [6.07, 6.45) is 3.15. The molecule has 0 aromatic heterocycles. The van der Waals surface area contributed by atoms with Gasteiger partial charge in [-0.1, -0.05) is 30.7 Å². The number of rotatable bonds is 8. The fourth-order valence-corrected chi connectivity index (χ4v) is 3.82. The molecule has 1 aliphatic rings. The number of carbonyl (C=O) groups is 2. The number of hydrogen-bond acceptors (Lipinski definition) is 4.